The molecule has 1 aliphatic carbocycles. The smallest absolute Gasteiger partial charge is 0.410 e. The molecule has 9 nitrogen and oxygen atoms in total. The minimum atomic E-state index is -1.04. The molecule has 1 aromatic carbocycles. The van der Waals surface area contributed by atoms with E-state index in [1.54, 1.807) is 11.8 Å². The summed E-state index contributed by atoms with van der Waals surface area (Å²) in [6.45, 7) is 8.79. The first-order valence-corrected chi connectivity index (χ1v) is 14.7. The van der Waals surface area contributed by atoms with E-state index in [9.17, 15) is 19.2 Å². The van der Waals surface area contributed by atoms with E-state index in [0.29, 0.717) is 25.9 Å². The highest BCUT2D eigenvalue weighted by Gasteiger charge is 2.62. The number of nitrogens with zero attached hydrogens (tertiary/aromatic N) is 2. The van der Waals surface area contributed by atoms with Gasteiger partial charge in [-0.15, -0.1) is 6.58 Å². The zero-order chi connectivity index (χ0) is 28.7. The fourth-order valence-electron chi connectivity index (χ4n) is 5.99. The van der Waals surface area contributed by atoms with E-state index in [4.69, 9.17) is 9.47 Å². The van der Waals surface area contributed by atoms with Gasteiger partial charge in [0, 0.05) is 25.9 Å². The van der Waals surface area contributed by atoms with Gasteiger partial charge < -0.3 is 19.7 Å². The summed E-state index contributed by atoms with van der Waals surface area (Å²) in [6, 6.07) is 7.08. The molecule has 0 aromatic heterocycles. The third-order valence-electron chi connectivity index (χ3n) is 8.38. The van der Waals surface area contributed by atoms with Crippen LogP contribution in [0.3, 0.4) is 0 Å². The first-order valence-electron chi connectivity index (χ1n) is 14.7. The van der Waals surface area contributed by atoms with Crippen LogP contribution in [0.1, 0.15) is 82.8 Å². The number of ether oxygens (including phenoxy) is 2. The molecule has 0 radical (unpaired) electrons. The zero-order valence-electron chi connectivity index (χ0n) is 23.9. The van der Waals surface area contributed by atoms with Gasteiger partial charge in [-0.25, -0.2) is 9.59 Å². The summed E-state index contributed by atoms with van der Waals surface area (Å²) in [6.07, 6.45) is 7.26. The second-order valence-electron chi connectivity index (χ2n) is 11.2. The maximum absolute atomic E-state index is 13.6. The van der Waals surface area contributed by atoms with E-state index in [-0.39, 0.29) is 31.4 Å². The van der Waals surface area contributed by atoms with Crippen molar-refractivity contribution in [3.05, 3.63) is 48.0 Å². The van der Waals surface area contributed by atoms with Gasteiger partial charge in [0.15, 0.2) is 0 Å². The Morgan fingerprint density at radius 1 is 1.07 bits per heavy atom. The number of rotatable bonds is 13. The van der Waals surface area contributed by atoms with Crippen molar-refractivity contribution in [2.75, 3.05) is 13.2 Å². The molecule has 3 amide bonds. The van der Waals surface area contributed by atoms with E-state index in [1.807, 2.05) is 37.3 Å². The van der Waals surface area contributed by atoms with Crippen molar-refractivity contribution < 1.29 is 28.7 Å². The van der Waals surface area contributed by atoms with Crippen LogP contribution in [0.4, 0.5) is 4.79 Å². The summed E-state index contributed by atoms with van der Waals surface area (Å²) in [5.74, 6) is -0.955. The van der Waals surface area contributed by atoms with Crippen molar-refractivity contribution in [1.82, 2.24) is 15.1 Å². The monoisotopic (exact) mass is 553 g/mol. The van der Waals surface area contributed by atoms with Gasteiger partial charge in [-0.1, -0.05) is 56.5 Å². The maximum atomic E-state index is 13.6. The van der Waals surface area contributed by atoms with Crippen molar-refractivity contribution in [3.63, 3.8) is 0 Å². The van der Waals surface area contributed by atoms with Crippen molar-refractivity contribution >= 4 is 23.9 Å². The Morgan fingerprint density at radius 3 is 2.40 bits per heavy atom. The van der Waals surface area contributed by atoms with Gasteiger partial charge in [0.25, 0.3) is 0 Å². The fraction of sp³-hybridized carbons (Fsp3) is 0.613. The fourth-order valence-corrected chi connectivity index (χ4v) is 5.99. The Kier molecular flexibility index (Phi) is 9.87. The summed E-state index contributed by atoms with van der Waals surface area (Å²) in [7, 11) is 0. The van der Waals surface area contributed by atoms with Crippen molar-refractivity contribution in [2.24, 2.45) is 5.92 Å². The molecule has 2 fully saturated rings. The molecule has 1 saturated heterocycles. The number of benzene rings is 1. The van der Waals surface area contributed by atoms with Gasteiger partial charge in [-0.05, 0) is 49.7 Å². The van der Waals surface area contributed by atoms with Crippen molar-refractivity contribution in [2.45, 2.75) is 102 Å². The van der Waals surface area contributed by atoms with E-state index in [1.165, 1.54) is 4.90 Å². The van der Waals surface area contributed by atoms with Crippen LogP contribution < -0.4 is 5.32 Å². The van der Waals surface area contributed by atoms with Crippen LogP contribution in [-0.4, -0.2) is 64.5 Å². The van der Waals surface area contributed by atoms with E-state index in [0.717, 1.165) is 49.7 Å². The lowest BCUT2D eigenvalue weighted by Gasteiger charge is -2.26. The second-order valence-corrected chi connectivity index (χ2v) is 11.2. The van der Waals surface area contributed by atoms with Gasteiger partial charge in [0.2, 0.25) is 11.8 Å². The number of hydrogen-bond acceptors (Lipinski definition) is 6. The van der Waals surface area contributed by atoms with Crippen molar-refractivity contribution in [1.29, 1.82) is 0 Å². The molecule has 0 bridgehead atoms. The molecule has 1 saturated carbocycles. The molecule has 1 N–H and O–H groups in total. The van der Waals surface area contributed by atoms with Gasteiger partial charge in [-0.2, -0.15) is 0 Å². The molecule has 2 aliphatic heterocycles. The number of likely N-dealkylation sites (tertiary alicyclic amines) is 1. The summed E-state index contributed by atoms with van der Waals surface area (Å²) in [5, 5.41) is 2.94. The standard InChI is InChI=1S/C31H43N3O6/c1-4-7-8-9-10-11-16-27(35)34-21-25(40-30(38)33-19-22-14-12-13-15-23(22)20-33)17-26(34)28(36)32-31(18-24(31)5-2)29(37)39-6-3/h4,12-15,24-26H,1,5-11,16-21H2,2-3H3,(H,32,36)/t24-,25-,26+,31-/m1/s1. The minimum absolute atomic E-state index is 0.00189. The van der Waals surface area contributed by atoms with Crippen molar-refractivity contribution in [3.8, 4) is 0 Å². The quantitative estimate of drug-likeness (QED) is 0.219. The van der Waals surface area contributed by atoms with Gasteiger partial charge in [0.05, 0.1) is 13.2 Å². The van der Waals surface area contributed by atoms with Crippen LogP contribution in [0, 0.1) is 5.92 Å². The Morgan fingerprint density at radius 2 is 1.77 bits per heavy atom. The molecule has 4 rings (SSSR count). The number of unbranched alkanes of at least 4 members (excludes halogenated alkanes) is 4. The topological polar surface area (TPSA) is 105 Å². The predicted molar refractivity (Wildman–Crippen MR) is 150 cm³/mol. The Hall–Kier alpha value is -3.36. The maximum Gasteiger partial charge on any atom is 0.410 e. The molecule has 40 heavy (non-hydrogen) atoms. The molecule has 0 unspecified atom stereocenters. The lowest BCUT2D eigenvalue weighted by molar-refractivity contribution is -0.150. The SMILES string of the molecule is C=CCCCCCCC(=O)N1C[C@H](OC(=O)N2Cc3ccccc3C2)C[C@H]1C(=O)N[C@]1(C(=O)OCC)C[C@H]1CC. The summed E-state index contributed by atoms with van der Waals surface area (Å²) in [4.78, 5) is 55.9. The number of esters is 1. The highest BCUT2D eigenvalue weighted by atomic mass is 16.6. The minimum Gasteiger partial charge on any atom is -0.464 e. The molecule has 3 aliphatic rings. The Labute approximate surface area is 237 Å². The van der Waals surface area contributed by atoms with Crippen LogP contribution in [0.15, 0.2) is 36.9 Å². The van der Waals surface area contributed by atoms with E-state index >= 15 is 0 Å². The third kappa shape index (κ3) is 6.67. The highest BCUT2D eigenvalue weighted by Crippen LogP contribution is 2.47. The molecule has 1 aromatic rings. The molecule has 218 valence electrons. The lowest BCUT2D eigenvalue weighted by atomic mass is 10.1. The summed E-state index contributed by atoms with van der Waals surface area (Å²) in [5.41, 5.74) is 1.14. The second kappa shape index (κ2) is 13.3. The number of carbonyl (C=O) groups is 4. The van der Waals surface area contributed by atoms with Crippen LogP contribution >= 0.6 is 0 Å². The molecular formula is C31H43N3O6. The van der Waals surface area contributed by atoms with Crippen LogP contribution in [0.25, 0.3) is 0 Å². The average Bonchev–Trinajstić information content (AvgIpc) is 3.27. The third-order valence-corrected chi connectivity index (χ3v) is 8.38. The Bertz CT molecular complexity index is 1080. The molecule has 0 spiro atoms. The highest BCUT2D eigenvalue weighted by molar-refractivity contribution is 5.95. The largest absolute Gasteiger partial charge is 0.464 e. The number of carbonyl (C=O) groups excluding carboxylic acids is 4. The van der Waals surface area contributed by atoms with Crippen LogP contribution in [0.5, 0.6) is 0 Å². The first kappa shape index (κ1) is 29.6. The van der Waals surface area contributed by atoms with E-state index < -0.39 is 35.7 Å². The predicted octanol–water partition coefficient (Wildman–Crippen LogP) is 4.48. The molecule has 4 atom stereocenters. The Balaban J connectivity index is 1.41. The number of allylic oxidation sites excluding steroid dienone is 1. The zero-order valence-corrected chi connectivity index (χ0v) is 23.9. The van der Waals surface area contributed by atoms with Gasteiger partial charge in [-0.3, -0.25) is 14.5 Å². The van der Waals surface area contributed by atoms with Crippen LogP contribution in [0.2, 0.25) is 0 Å². The number of hydrogen-bond donors (Lipinski definition) is 1. The van der Waals surface area contributed by atoms with E-state index in [2.05, 4.69) is 11.9 Å². The average molecular weight is 554 g/mol. The summed E-state index contributed by atoms with van der Waals surface area (Å²) >= 11 is 0. The number of amides is 3. The molecule has 2 heterocycles. The number of nitrogens with one attached hydrogen (secondary N) is 1. The number of fused-ring (bicyclic) bond motifs is 1. The molecular weight excluding hydrogens is 510 g/mol. The lowest BCUT2D eigenvalue weighted by Crippen LogP contribution is -2.53. The first-order chi connectivity index (χ1) is 19.3. The van der Waals surface area contributed by atoms with Crippen LogP contribution in [-0.2, 0) is 36.9 Å². The molecule has 9 heteroatoms. The van der Waals surface area contributed by atoms with Gasteiger partial charge in [0.1, 0.15) is 17.7 Å². The van der Waals surface area contributed by atoms with Gasteiger partial charge >= 0.3 is 12.1 Å². The normalized spacial score (nSPS) is 24.8. The summed E-state index contributed by atoms with van der Waals surface area (Å²) < 4.78 is 11.1.